The van der Waals surface area contributed by atoms with Gasteiger partial charge >= 0.3 is 6.18 Å². The van der Waals surface area contributed by atoms with Gasteiger partial charge in [-0.25, -0.2) is 8.78 Å². The minimum absolute atomic E-state index is 2.11. The van der Waals surface area contributed by atoms with E-state index in [9.17, 15) is 30.7 Å². The zero-order valence-corrected chi connectivity index (χ0v) is 5.93. The van der Waals surface area contributed by atoms with Crippen LogP contribution in [0, 0.1) is 0 Å². The number of alkyl halides is 4. The highest BCUT2D eigenvalue weighted by molar-refractivity contribution is 5.22. The van der Waals surface area contributed by atoms with Crippen LogP contribution < -0.4 is 0 Å². The first kappa shape index (κ1) is 12.0. The van der Waals surface area contributed by atoms with Gasteiger partial charge in [0, 0.05) is 0 Å². The monoisotopic (exact) mass is 208 g/mol. The van der Waals surface area contributed by atoms with Gasteiger partial charge in [-0.3, -0.25) is 0 Å². The van der Waals surface area contributed by atoms with Crippen molar-refractivity contribution in [2.45, 2.75) is 12.3 Å². The van der Waals surface area contributed by atoms with Gasteiger partial charge in [-0.1, -0.05) is 6.58 Å². The molecule has 7 heteroatoms. The quantitative estimate of drug-likeness (QED) is 0.609. The van der Waals surface area contributed by atoms with Crippen LogP contribution in [0.4, 0.5) is 30.7 Å². The van der Waals surface area contributed by atoms with Crippen molar-refractivity contribution in [3.8, 4) is 0 Å². The van der Waals surface area contributed by atoms with Crippen molar-refractivity contribution in [3.05, 3.63) is 24.1 Å². The molecule has 1 unspecified atom stereocenters. The predicted molar refractivity (Wildman–Crippen MR) is 30.4 cm³/mol. The van der Waals surface area contributed by atoms with Crippen molar-refractivity contribution in [2.75, 3.05) is 0 Å². The second-order valence-electron chi connectivity index (χ2n) is 1.98. The molecule has 0 radical (unpaired) electrons. The molecule has 0 aromatic heterocycles. The average Bonchev–Trinajstić information content (AvgIpc) is 1.82. The number of halogens is 7. The normalized spacial score (nSPS) is 13.8. The van der Waals surface area contributed by atoms with E-state index in [0.717, 1.165) is 0 Å². The highest BCUT2D eigenvalue weighted by Gasteiger charge is 2.44. The van der Waals surface area contributed by atoms with Crippen LogP contribution in [0.1, 0.15) is 0 Å². The molecule has 0 saturated heterocycles. The maximum atomic E-state index is 12.2. The van der Waals surface area contributed by atoms with Gasteiger partial charge < -0.3 is 0 Å². The molecule has 0 N–H and O–H groups in total. The third-order valence-corrected chi connectivity index (χ3v) is 1.04. The van der Waals surface area contributed by atoms with Crippen molar-refractivity contribution >= 4 is 0 Å². The SMILES string of the molecule is C=C(F)C(F)C(=C(F)F)C(F)(F)F. The summed E-state index contributed by atoms with van der Waals surface area (Å²) in [7, 11) is 0. The summed E-state index contributed by atoms with van der Waals surface area (Å²) in [4.78, 5) is 0. The summed E-state index contributed by atoms with van der Waals surface area (Å²) in [6.07, 6.45) is -12.4. The van der Waals surface area contributed by atoms with Crippen molar-refractivity contribution in [2.24, 2.45) is 0 Å². The van der Waals surface area contributed by atoms with Gasteiger partial charge in [0.05, 0.1) is 0 Å². The molecular weight excluding hydrogens is 205 g/mol. The summed E-state index contributed by atoms with van der Waals surface area (Å²) in [6, 6.07) is 0. The summed E-state index contributed by atoms with van der Waals surface area (Å²) in [5.74, 6) is -2.11. The van der Waals surface area contributed by atoms with E-state index in [2.05, 4.69) is 6.58 Å². The van der Waals surface area contributed by atoms with Crippen molar-refractivity contribution in [3.63, 3.8) is 0 Å². The number of hydrogen-bond donors (Lipinski definition) is 0. The minimum atomic E-state index is -5.60. The molecule has 0 nitrogen and oxygen atoms in total. The van der Waals surface area contributed by atoms with E-state index in [-0.39, 0.29) is 0 Å². The lowest BCUT2D eigenvalue weighted by Crippen LogP contribution is -2.22. The largest absolute Gasteiger partial charge is 0.421 e. The smallest absolute Gasteiger partial charge is 0.234 e. The summed E-state index contributed by atoms with van der Waals surface area (Å²) < 4.78 is 81.8. The molecule has 0 aliphatic heterocycles. The zero-order valence-electron chi connectivity index (χ0n) is 5.93. The Kier molecular flexibility index (Phi) is 3.50. The molecule has 1 atom stereocenters. The summed E-state index contributed by atoms with van der Waals surface area (Å²) in [5, 5.41) is 0. The van der Waals surface area contributed by atoms with Crippen LogP contribution in [-0.2, 0) is 0 Å². The molecule has 0 aliphatic carbocycles. The number of rotatable bonds is 2. The Balaban J connectivity index is 5.09. The van der Waals surface area contributed by atoms with E-state index in [4.69, 9.17) is 0 Å². The van der Waals surface area contributed by atoms with Gasteiger partial charge in [-0.2, -0.15) is 22.0 Å². The lowest BCUT2D eigenvalue weighted by Gasteiger charge is -2.12. The van der Waals surface area contributed by atoms with Gasteiger partial charge in [0.15, 0.2) is 6.17 Å². The highest BCUT2D eigenvalue weighted by atomic mass is 19.4. The molecule has 0 saturated carbocycles. The Morgan fingerprint density at radius 3 is 1.54 bits per heavy atom. The van der Waals surface area contributed by atoms with E-state index in [1.165, 1.54) is 0 Å². The molecule has 0 fully saturated rings. The van der Waals surface area contributed by atoms with Crippen LogP contribution in [0.15, 0.2) is 24.1 Å². The topological polar surface area (TPSA) is 0 Å². The molecule has 0 heterocycles. The van der Waals surface area contributed by atoms with Crippen LogP contribution in [0.2, 0.25) is 0 Å². The predicted octanol–water partition coefficient (Wildman–Crippen LogP) is 3.52. The molecule has 0 aromatic carbocycles. The first-order valence-electron chi connectivity index (χ1n) is 2.78. The molecule has 76 valence electrons. The molecule has 0 aromatic rings. The van der Waals surface area contributed by atoms with Crippen LogP contribution in [0.3, 0.4) is 0 Å². The van der Waals surface area contributed by atoms with Crippen LogP contribution in [0.5, 0.6) is 0 Å². The summed E-state index contributed by atoms with van der Waals surface area (Å²) in [5.41, 5.74) is -2.85. The number of hydrogen-bond acceptors (Lipinski definition) is 0. The molecule has 13 heavy (non-hydrogen) atoms. The Morgan fingerprint density at radius 1 is 1.08 bits per heavy atom. The number of allylic oxidation sites excluding steroid dienone is 2. The average molecular weight is 208 g/mol. The van der Waals surface area contributed by atoms with Crippen molar-refractivity contribution < 1.29 is 30.7 Å². The third kappa shape index (κ3) is 3.08. The first-order valence-corrected chi connectivity index (χ1v) is 2.78. The fourth-order valence-electron chi connectivity index (χ4n) is 0.503. The van der Waals surface area contributed by atoms with E-state index in [0.29, 0.717) is 0 Å². The molecule has 0 rings (SSSR count). The molecule has 0 bridgehead atoms. The zero-order chi connectivity index (χ0) is 10.8. The Hall–Kier alpha value is -1.01. The highest BCUT2D eigenvalue weighted by Crippen LogP contribution is 2.35. The van der Waals surface area contributed by atoms with E-state index in [1.54, 1.807) is 0 Å². The van der Waals surface area contributed by atoms with Gasteiger partial charge in [0.2, 0.25) is 0 Å². The van der Waals surface area contributed by atoms with Crippen molar-refractivity contribution in [1.82, 2.24) is 0 Å². The minimum Gasteiger partial charge on any atom is -0.234 e. The van der Waals surface area contributed by atoms with E-state index in [1.807, 2.05) is 0 Å². The van der Waals surface area contributed by atoms with E-state index < -0.39 is 29.8 Å². The molecule has 0 spiro atoms. The first-order chi connectivity index (χ1) is 5.68. The Bertz CT molecular complexity index is 232. The van der Waals surface area contributed by atoms with Crippen LogP contribution >= 0.6 is 0 Å². The maximum Gasteiger partial charge on any atom is 0.421 e. The van der Waals surface area contributed by atoms with Gasteiger partial charge in [-0.05, 0) is 0 Å². The Labute approximate surface area is 68.3 Å². The van der Waals surface area contributed by atoms with Crippen molar-refractivity contribution in [1.29, 1.82) is 0 Å². The lowest BCUT2D eigenvalue weighted by molar-refractivity contribution is -0.103. The fourth-order valence-corrected chi connectivity index (χ4v) is 0.503. The lowest BCUT2D eigenvalue weighted by atomic mass is 10.1. The standard InChI is InChI=1S/C6H3F7/c1-2(7)4(8)3(5(9)10)6(11,12)13/h4H,1H2. The molecule has 0 aliphatic rings. The second-order valence-corrected chi connectivity index (χ2v) is 1.98. The molecular formula is C6H3F7. The third-order valence-electron chi connectivity index (χ3n) is 1.04. The summed E-state index contributed by atoms with van der Waals surface area (Å²) in [6.45, 7) is 2.16. The second kappa shape index (κ2) is 3.80. The fraction of sp³-hybridized carbons (Fsp3) is 0.333. The summed E-state index contributed by atoms with van der Waals surface area (Å²) >= 11 is 0. The Morgan fingerprint density at radius 2 is 1.46 bits per heavy atom. The maximum absolute atomic E-state index is 12.2. The van der Waals surface area contributed by atoms with Gasteiger partial charge in [0.25, 0.3) is 6.08 Å². The van der Waals surface area contributed by atoms with E-state index >= 15 is 0 Å². The molecule has 0 amide bonds. The van der Waals surface area contributed by atoms with Gasteiger partial charge in [0.1, 0.15) is 11.4 Å². The van der Waals surface area contributed by atoms with Crippen LogP contribution in [-0.4, -0.2) is 12.3 Å². The van der Waals surface area contributed by atoms with Gasteiger partial charge in [-0.15, -0.1) is 0 Å². The van der Waals surface area contributed by atoms with Crippen LogP contribution in [0.25, 0.3) is 0 Å².